The molecule has 0 unspecified atom stereocenters. The zero-order chi connectivity index (χ0) is 20.1. The molecule has 2 aromatic carbocycles. The highest BCUT2D eigenvalue weighted by molar-refractivity contribution is 6.02. The van der Waals surface area contributed by atoms with Crippen LogP contribution in [0.5, 0.6) is 0 Å². The molecule has 1 aromatic heterocycles. The van der Waals surface area contributed by atoms with Crippen LogP contribution < -0.4 is 5.32 Å². The molecule has 2 heterocycles. The Bertz CT molecular complexity index is 1100. The Morgan fingerprint density at radius 3 is 2.59 bits per heavy atom. The van der Waals surface area contributed by atoms with Crippen LogP contribution in [0.3, 0.4) is 0 Å². The van der Waals surface area contributed by atoms with E-state index < -0.39 is 0 Å². The van der Waals surface area contributed by atoms with Crippen molar-refractivity contribution < 1.29 is 9.59 Å². The topological polar surface area (TPSA) is 62.3 Å². The Kier molecular flexibility index (Phi) is 5.35. The van der Waals surface area contributed by atoms with E-state index in [-0.39, 0.29) is 11.8 Å². The number of fused-ring (bicyclic) bond motifs is 1. The molecule has 1 aliphatic rings. The van der Waals surface area contributed by atoms with Crippen LogP contribution in [0.1, 0.15) is 27.2 Å². The maximum Gasteiger partial charge on any atom is 0.299 e. The maximum absolute atomic E-state index is 12.5. The second-order valence-corrected chi connectivity index (χ2v) is 6.75. The molecule has 0 spiro atoms. The summed E-state index contributed by atoms with van der Waals surface area (Å²) < 4.78 is 0. The van der Waals surface area contributed by atoms with Gasteiger partial charge in [0.05, 0.1) is 0 Å². The van der Waals surface area contributed by atoms with E-state index >= 15 is 0 Å². The van der Waals surface area contributed by atoms with Crippen molar-refractivity contribution in [2.75, 3.05) is 11.9 Å². The molecule has 5 heteroatoms. The molecular weight excluding hydrogens is 362 g/mol. The number of aromatic nitrogens is 1. The van der Waals surface area contributed by atoms with Crippen molar-refractivity contribution in [1.82, 2.24) is 9.88 Å². The Morgan fingerprint density at radius 2 is 1.79 bits per heavy atom. The monoisotopic (exact) mass is 381 g/mol. The Balaban J connectivity index is 1.46. The molecular formula is C24H19N3O2. The second kappa shape index (κ2) is 8.41. The summed E-state index contributed by atoms with van der Waals surface area (Å²) >= 11 is 0. The van der Waals surface area contributed by atoms with Gasteiger partial charge in [0.15, 0.2) is 0 Å². The van der Waals surface area contributed by atoms with Crippen molar-refractivity contribution in [2.24, 2.45) is 0 Å². The number of amides is 2. The van der Waals surface area contributed by atoms with Gasteiger partial charge >= 0.3 is 0 Å². The molecule has 4 rings (SSSR count). The minimum Gasteiger partial charge on any atom is -0.327 e. The minimum atomic E-state index is -0.261. The molecule has 1 aliphatic heterocycles. The Morgan fingerprint density at radius 1 is 0.966 bits per heavy atom. The first kappa shape index (κ1) is 18.5. The van der Waals surface area contributed by atoms with E-state index in [2.05, 4.69) is 22.1 Å². The number of nitrogens with one attached hydrogen (secondary N) is 1. The van der Waals surface area contributed by atoms with Crippen LogP contribution in [0.25, 0.3) is 0 Å². The lowest BCUT2D eigenvalue weighted by Gasteiger charge is -2.27. The number of nitrogens with zero attached hydrogens (tertiary/aromatic N) is 2. The lowest BCUT2D eigenvalue weighted by molar-refractivity contribution is -0.125. The molecule has 29 heavy (non-hydrogen) atoms. The number of anilines is 1. The maximum atomic E-state index is 12.5. The van der Waals surface area contributed by atoms with Crippen molar-refractivity contribution in [2.45, 2.75) is 13.0 Å². The third-order valence-corrected chi connectivity index (χ3v) is 4.75. The smallest absolute Gasteiger partial charge is 0.299 e. The first-order valence-corrected chi connectivity index (χ1v) is 9.39. The predicted molar refractivity (Wildman–Crippen MR) is 111 cm³/mol. The summed E-state index contributed by atoms with van der Waals surface area (Å²) in [7, 11) is 0. The van der Waals surface area contributed by atoms with E-state index in [4.69, 9.17) is 0 Å². The van der Waals surface area contributed by atoms with Crippen molar-refractivity contribution in [3.8, 4) is 11.8 Å². The predicted octanol–water partition coefficient (Wildman–Crippen LogP) is 3.27. The van der Waals surface area contributed by atoms with E-state index in [0.717, 1.165) is 17.5 Å². The summed E-state index contributed by atoms with van der Waals surface area (Å²) in [6, 6.07) is 20.5. The van der Waals surface area contributed by atoms with Crippen LogP contribution in [0.15, 0.2) is 72.9 Å². The molecule has 0 fully saturated rings. The van der Waals surface area contributed by atoms with E-state index in [1.807, 2.05) is 48.5 Å². The molecule has 0 bridgehead atoms. The summed E-state index contributed by atoms with van der Waals surface area (Å²) in [5, 5.41) is 2.87. The number of benzene rings is 2. The van der Waals surface area contributed by atoms with Crippen LogP contribution >= 0.6 is 0 Å². The Hall–Kier alpha value is -3.91. The van der Waals surface area contributed by atoms with Crippen LogP contribution in [-0.4, -0.2) is 28.2 Å². The zero-order valence-electron chi connectivity index (χ0n) is 15.8. The number of pyridine rings is 1. The minimum absolute atomic E-state index is 0.192. The summed E-state index contributed by atoms with van der Waals surface area (Å²) in [6.45, 7) is 1.11. The first-order chi connectivity index (χ1) is 14.2. The van der Waals surface area contributed by atoms with Gasteiger partial charge in [-0.2, -0.15) is 0 Å². The van der Waals surface area contributed by atoms with Crippen LogP contribution in [0.2, 0.25) is 0 Å². The Labute approximate surface area is 169 Å². The van der Waals surface area contributed by atoms with Gasteiger partial charge in [0.1, 0.15) is 5.69 Å². The first-order valence-electron chi connectivity index (χ1n) is 9.39. The standard InChI is InChI=1S/C24H19N3O2/c28-23(12-9-18-6-2-1-3-7-18)27-15-13-19-10-11-21(16-20(19)17-27)26-24(29)22-8-4-5-14-25-22/h1-8,10-11,14,16H,13,15,17H2,(H,26,29). The summed E-state index contributed by atoms with van der Waals surface area (Å²) in [5.74, 6) is 5.19. The van der Waals surface area contributed by atoms with Gasteiger partial charge in [0, 0.05) is 36.5 Å². The molecule has 0 radical (unpaired) electrons. The van der Waals surface area contributed by atoms with Crippen LogP contribution in [0.4, 0.5) is 5.69 Å². The molecule has 0 atom stereocenters. The van der Waals surface area contributed by atoms with E-state index in [1.54, 1.807) is 29.3 Å². The van der Waals surface area contributed by atoms with Gasteiger partial charge in [-0.1, -0.05) is 36.3 Å². The fraction of sp³-hybridized carbons (Fsp3) is 0.125. The third kappa shape index (κ3) is 4.50. The number of hydrogen-bond acceptors (Lipinski definition) is 3. The highest BCUT2D eigenvalue weighted by Gasteiger charge is 2.20. The van der Waals surface area contributed by atoms with Gasteiger partial charge in [0.25, 0.3) is 11.8 Å². The van der Waals surface area contributed by atoms with Gasteiger partial charge in [-0.05, 0) is 53.9 Å². The average Bonchev–Trinajstić information content (AvgIpc) is 2.78. The van der Waals surface area contributed by atoms with Crippen molar-refractivity contribution in [3.05, 3.63) is 95.3 Å². The fourth-order valence-electron chi connectivity index (χ4n) is 3.23. The van der Waals surface area contributed by atoms with Crippen molar-refractivity contribution in [1.29, 1.82) is 0 Å². The normalized spacial score (nSPS) is 12.3. The molecule has 5 nitrogen and oxygen atoms in total. The SMILES string of the molecule is O=C(Nc1ccc2c(c1)CN(C(=O)C#Cc1ccccc1)CC2)c1ccccn1. The molecule has 1 N–H and O–H groups in total. The van der Waals surface area contributed by atoms with E-state index in [1.165, 1.54) is 5.56 Å². The third-order valence-electron chi connectivity index (χ3n) is 4.75. The van der Waals surface area contributed by atoms with E-state index in [0.29, 0.717) is 24.5 Å². The zero-order valence-corrected chi connectivity index (χ0v) is 15.8. The van der Waals surface area contributed by atoms with Gasteiger partial charge in [-0.25, -0.2) is 0 Å². The number of hydrogen-bond donors (Lipinski definition) is 1. The second-order valence-electron chi connectivity index (χ2n) is 6.75. The van der Waals surface area contributed by atoms with Crippen molar-refractivity contribution in [3.63, 3.8) is 0 Å². The highest BCUT2D eigenvalue weighted by Crippen LogP contribution is 2.23. The quantitative estimate of drug-likeness (QED) is 0.693. The van der Waals surface area contributed by atoms with Gasteiger partial charge in [0.2, 0.25) is 0 Å². The van der Waals surface area contributed by atoms with Gasteiger partial charge < -0.3 is 10.2 Å². The van der Waals surface area contributed by atoms with Crippen LogP contribution in [0, 0.1) is 11.8 Å². The fourth-order valence-corrected chi connectivity index (χ4v) is 3.23. The summed E-state index contributed by atoms with van der Waals surface area (Å²) in [5.41, 5.74) is 4.06. The molecule has 0 aliphatic carbocycles. The number of carbonyl (C=O) groups excluding carboxylic acids is 2. The average molecular weight is 381 g/mol. The number of carbonyl (C=O) groups is 2. The number of rotatable bonds is 2. The van der Waals surface area contributed by atoms with Crippen molar-refractivity contribution >= 4 is 17.5 Å². The molecule has 142 valence electrons. The molecule has 0 saturated heterocycles. The molecule has 0 saturated carbocycles. The molecule has 2 amide bonds. The summed E-state index contributed by atoms with van der Waals surface area (Å²) in [6.07, 6.45) is 2.35. The van der Waals surface area contributed by atoms with Gasteiger partial charge in [-0.15, -0.1) is 0 Å². The lowest BCUT2D eigenvalue weighted by Crippen LogP contribution is -2.35. The van der Waals surface area contributed by atoms with Gasteiger partial charge in [-0.3, -0.25) is 14.6 Å². The van der Waals surface area contributed by atoms with E-state index in [9.17, 15) is 9.59 Å². The largest absolute Gasteiger partial charge is 0.327 e. The molecule has 3 aromatic rings. The lowest BCUT2D eigenvalue weighted by atomic mass is 9.99. The summed E-state index contributed by atoms with van der Waals surface area (Å²) in [4.78, 5) is 30.6. The highest BCUT2D eigenvalue weighted by atomic mass is 16.2. The van der Waals surface area contributed by atoms with Crippen LogP contribution in [-0.2, 0) is 17.8 Å².